The number of aliphatic hydroxyl groups is 1. The van der Waals surface area contributed by atoms with Gasteiger partial charge in [-0.3, -0.25) is 9.36 Å². The first-order chi connectivity index (χ1) is 16.5. The number of hydrogen-bond acceptors (Lipinski definition) is 8. The fraction of sp³-hybridized carbons (Fsp3) is 0.292. The van der Waals surface area contributed by atoms with Crippen molar-refractivity contribution in [1.82, 2.24) is 24.5 Å². The quantitative estimate of drug-likeness (QED) is 0.419. The van der Waals surface area contributed by atoms with Crippen LogP contribution in [0, 0.1) is 26.6 Å². The average Bonchev–Trinajstić information content (AvgIpc) is 3.21. The largest absolute Gasteiger partial charge is 0.471 e. The number of hydrogen-bond donors (Lipinski definition) is 1. The Morgan fingerprint density at radius 2 is 1.94 bits per heavy atom. The zero-order valence-corrected chi connectivity index (χ0v) is 20.5. The summed E-state index contributed by atoms with van der Waals surface area (Å²) in [4.78, 5) is 30.0. The van der Waals surface area contributed by atoms with Gasteiger partial charge in [-0.15, -0.1) is 0 Å². The van der Waals surface area contributed by atoms with E-state index in [0.717, 1.165) is 6.20 Å². The fourth-order valence-electron chi connectivity index (χ4n) is 3.42. The molecule has 1 N–H and O–H groups in total. The molecule has 0 saturated carbocycles. The Morgan fingerprint density at radius 1 is 1.20 bits per heavy atom. The minimum Gasteiger partial charge on any atom is -0.471 e. The van der Waals surface area contributed by atoms with Crippen LogP contribution in [-0.4, -0.2) is 29.6 Å². The molecule has 35 heavy (non-hydrogen) atoms. The van der Waals surface area contributed by atoms with E-state index in [4.69, 9.17) is 20.8 Å². The van der Waals surface area contributed by atoms with Crippen molar-refractivity contribution in [3.63, 3.8) is 0 Å². The van der Waals surface area contributed by atoms with Gasteiger partial charge in [0.15, 0.2) is 17.5 Å². The maximum absolute atomic E-state index is 14.6. The highest BCUT2D eigenvalue weighted by Crippen LogP contribution is 2.30. The maximum atomic E-state index is 14.6. The lowest BCUT2D eigenvalue weighted by molar-refractivity contribution is 0.0686. The van der Waals surface area contributed by atoms with E-state index in [-0.39, 0.29) is 34.6 Å². The molecule has 11 heteroatoms. The third-order valence-electron chi connectivity index (χ3n) is 5.21. The summed E-state index contributed by atoms with van der Waals surface area (Å²) in [5.41, 5.74) is -0.332. The van der Waals surface area contributed by atoms with Crippen LogP contribution >= 0.6 is 11.6 Å². The van der Waals surface area contributed by atoms with E-state index < -0.39 is 17.0 Å². The van der Waals surface area contributed by atoms with Crippen molar-refractivity contribution in [3.05, 3.63) is 80.6 Å². The summed E-state index contributed by atoms with van der Waals surface area (Å²) in [5.74, 6) is 0.348. The zero-order valence-electron chi connectivity index (χ0n) is 19.8. The van der Waals surface area contributed by atoms with Gasteiger partial charge in [-0.2, -0.15) is 4.98 Å². The Bertz CT molecular complexity index is 1480. The van der Waals surface area contributed by atoms with Gasteiger partial charge < -0.3 is 14.3 Å². The van der Waals surface area contributed by atoms with Crippen molar-refractivity contribution in [3.8, 4) is 22.8 Å². The summed E-state index contributed by atoms with van der Waals surface area (Å²) in [5, 5.41) is 10.5. The van der Waals surface area contributed by atoms with Crippen LogP contribution in [0.5, 0.6) is 5.88 Å². The highest BCUT2D eigenvalue weighted by molar-refractivity contribution is 6.32. The van der Waals surface area contributed by atoms with Gasteiger partial charge in [0, 0.05) is 12.5 Å². The Labute approximate surface area is 205 Å². The van der Waals surface area contributed by atoms with Crippen molar-refractivity contribution >= 4 is 11.6 Å². The van der Waals surface area contributed by atoms with Gasteiger partial charge in [-0.05, 0) is 39.8 Å². The molecule has 0 saturated heterocycles. The van der Waals surface area contributed by atoms with Gasteiger partial charge in [-0.25, -0.2) is 19.3 Å². The normalized spacial score (nSPS) is 11.7. The van der Waals surface area contributed by atoms with Crippen LogP contribution in [0.1, 0.15) is 42.6 Å². The minimum atomic E-state index is -1.37. The number of oxazole rings is 1. The molecule has 4 rings (SSSR count). The summed E-state index contributed by atoms with van der Waals surface area (Å²) < 4.78 is 26.8. The number of nitrogens with zero attached hydrogens (tertiary/aromatic N) is 5. The summed E-state index contributed by atoms with van der Waals surface area (Å²) in [6.45, 7) is 8.03. The van der Waals surface area contributed by atoms with Crippen molar-refractivity contribution < 1.29 is 18.7 Å². The predicted molar refractivity (Wildman–Crippen MR) is 126 cm³/mol. The Morgan fingerprint density at radius 3 is 2.60 bits per heavy atom. The first-order valence-corrected chi connectivity index (χ1v) is 11.0. The third kappa shape index (κ3) is 4.94. The third-order valence-corrected chi connectivity index (χ3v) is 5.53. The lowest BCUT2D eigenvalue weighted by Gasteiger charge is -2.17. The van der Waals surface area contributed by atoms with Gasteiger partial charge in [-0.1, -0.05) is 17.7 Å². The smallest absolute Gasteiger partial charge is 0.264 e. The number of benzene rings is 1. The molecule has 3 heterocycles. The van der Waals surface area contributed by atoms with Crippen LogP contribution in [0.25, 0.3) is 16.9 Å². The summed E-state index contributed by atoms with van der Waals surface area (Å²) in [7, 11) is 0. The van der Waals surface area contributed by atoms with Crippen LogP contribution in [0.15, 0.2) is 39.9 Å². The van der Waals surface area contributed by atoms with Crippen LogP contribution in [0.4, 0.5) is 4.39 Å². The molecule has 9 nitrogen and oxygen atoms in total. The van der Waals surface area contributed by atoms with Crippen molar-refractivity contribution in [2.24, 2.45) is 0 Å². The molecule has 0 unspecified atom stereocenters. The summed E-state index contributed by atoms with van der Waals surface area (Å²) >= 11 is 6.44. The monoisotopic (exact) mass is 499 g/mol. The van der Waals surface area contributed by atoms with E-state index in [1.54, 1.807) is 26.8 Å². The van der Waals surface area contributed by atoms with Crippen LogP contribution in [0.2, 0.25) is 5.02 Å². The molecule has 0 spiro atoms. The highest BCUT2D eigenvalue weighted by Gasteiger charge is 2.23. The number of ether oxygens (including phenoxy) is 1. The molecule has 0 bridgehead atoms. The molecule has 0 aliphatic rings. The minimum absolute atomic E-state index is 0.0340. The lowest BCUT2D eigenvalue weighted by atomic mass is 10.1. The number of halogens is 2. The molecule has 0 atom stereocenters. The topological polar surface area (TPSA) is 116 Å². The molecule has 0 amide bonds. The number of rotatable bonds is 6. The average molecular weight is 500 g/mol. The van der Waals surface area contributed by atoms with Crippen LogP contribution in [-0.2, 0) is 12.2 Å². The van der Waals surface area contributed by atoms with E-state index in [1.165, 1.54) is 36.8 Å². The van der Waals surface area contributed by atoms with E-state index in [9.17, 15) is 14.3 Å². The van der Waals surface area contributed by atoms with Crippen molar-refractivity contribution in [2.45, 2.75) is 46.8 Å². The number of aromatic nitrogens is 5. The predicted octanol–water partition coefficient (Wildman–Crippen LogP) is 4.20. The van der Waals surface area contributed by atoms with Crippen molar-refractivity contribution in [2.75, 3.05) is 0 Å². The van der Waals surface area contributed by atoms with Gasteiger partial charge in [0.2, 0.25) is 5.88 Å². The fourth-order valence-corrected chi connectivity index (χ4v) is 3.63. The molecular weight excluding hydrogens is 477 g/mol. The maximum Gasteiger partial charge on any atom is 0.264 e. The molecule has 0 aliphatic heterocycles. The van der Waals surface area contributed by atoms with Crippen LogP contribution in [0.3, 0.4) is 0 Å². The van der Waals surface area contributed by atoms with E-state index >= 15 is 0 Å². The second kappa shape index (κ2) is 9.20. The van der Waals surface area contributed by atoms with Gasteiger partial charge in [0.25, 0.3) is 5.56 Å². The zero-order chi connectivity index (χ0) is 25.5. The molecule has 1 aromatic carbocycles. The molecule has 182 valence electrons. The van der Waals surface area contributed by atoms with Crippen molar-refractivity contribution in [1.29, 1.82) is 0 Å². The van der Waals surface area contributed by atoms with Gasteiger partial charge >= 0.3 is 0 Å². The molecular formula is C24H23ClFN5O4. The molecule has 0 fully saturated rings. The summed E-state index contributed by atoms with van der Waals surface area (Å²) in [6, 6.07) is 4.65. The number of aryl methyl sites for hydroxylation is 2. The Kier molecular flexibility index (Phi) is 6.44. The van der Waals surface area contributed by atoms with E-state index in [1.807, 2.05) is 0 Å². The second-order valence-electron chi connectivity index (χ2n) is 8.49. The van der Waals surface area contributed by atoms with Crippen LogP contribution < -0.4 is 10.3 Å². The van der Waals surface area contributed by atoms with Gasteiger partial charge in [0.1, 0.15) is 35.7 Å². The van der Waals surface area contributed by atoms with Gasteiger partial charge in [0.05, 0.1) is 22.5 Å². The summed E-state index contributed by atoms with van der Waals surface area (Å²) in [6.07, 6.45) is 2.47. The first-order valence-electron chi connectivity index (χ1n) is 10.7. The molecule has 0 aliphatic carbocycles. The van der Waals surface area contributed by atoms with E-state index in [0.29, 0.717) is 28.7 Å². The molecule has 0 radical (unpaired) electrons. The molecule has 4 aromatic rings. The first kappa shape index (κ1) is 24.5. The Hall–Kier alpha value is -3.63. The molecule has 3 aromatic heterocycles. The SMILES string of the molecule is Cc1nc(COc2nc(C)n(-c3cc(-c4nc(C(C)(C)O)ncc4F)ccc3Cl)c(=O)c2C)co1. The Balaban J connectivity index is 1.76. The second-order valence-corrected chi connectivity index (χ2v) is 8.90. The highest BCUT2D eigenvalue weighted by atomic mass is 35.5. The standard InChI is InChI=1S/C24H23ClFN5O4/c1-12-21(35-11-16-10-34-14(3)29-16)28-13(2)31(22(12)32)19-8-15(6-7-17(19)25)20-18(26)9-27-23(30-20)24(4,5)33/h6-10,33H,11H2,1-5H3. The lowest BCUT2D eigenvalue weighted by Crippen LogP contribution is -2.25. The van der Waals surface area contributed by atoms with E-state index in [2.05, 4.69) is 19.9 Å².